The first-order valence-electron chi connectivity index (χ1n) is 5.96. The summed E-state index contributed by atoms with van der Waals surface area (Å²) in [5, 5.41) is 0.893. The van der Waals surface area contributed by atoms with Gasteiger partial charge in [-0.1, -0.05) is 23.7 Å². The second-order valence-corrected chi connectivity index (χ2v) is 4.78. The van der Waals surface area contributed by atoms with E-state index in [0.717, 1.165) is 10.6 Å². The van der Waals surface area contributed by atoms with Crippen LogP contribution in [0.5, 0.6) is 0 Å². The Morgan fingerprint density at radius 3 is 2.57 bits per heavy atom. The number of hydrogen-bond acceptors (Lipinski definition) is 3. The van der Waals surface area contributed by atoms with Crippen molar-refractivity contribution in [2.24, 2.45) is 0 Å². The Labute approximate surface area is 122 Å². The third-order valence-corrected chi connectivity index (χ3v) is 3.20. The van der Waals surface area contributed by atoms with Crippen LogP contribution in [0.4, 0.5) is 17.6 Å². The predicted octanol–water partition coefficient (Wildman–Crippen LogP) is 3.59. The standard InChI is InChI=1S/C13H10ClF4NO2/c14-10-7-9(1-2-11(10)15)8-3-5-19(6-4-8)21-12(20)13(16,17)18/h1-3,7H,4-6H2. The summed E-state index contributed by atoms with van der Waals surface area (Å²) in [5.41, 5.74) is 1.49. The fraction of sp³-hybridized carbons (Fsp3) is 0.308. The number of nitrogens with zero attached hydrogens (tertiary/aromatic N) is 1. The van der Waals surface area contributed by atoms with Gasteiger partial charge in [0.2, 0.25) is 0 Å². The third kappa shape index (κ3) is 3.95. The lowest BCUT2D eigenvalue weighted by Gasteiger charge is -2.25. The fourth-order valence-corrected chi connectivity index (χ4v) is 2.04. The van der Waals surface area contributed by atoms with Crippen LogP contribution in [0.15, 0.2) is 24.3 Å². The Morgan fingerprint density at radius 1 is 1.33 bits per heavy atom. The van der Waals surface area contributed by atoms with Gasteiger partial charge in [-0.3, -0.25) is 0 Å². The maximum atomic E-state index is 13.1. The van der Waals surface area contributed by atoms with Crippen molar-refractivity contribution in [2.75, 3.05) is 13.1 Å². The number of rotatable bonds is 2. The van der Waals surface area contributed by atoms with Crippen molar-refractivity contribution < 1.29 is 27.2 Å². The Morgan fingerprint density at radius 2 is 2.05 bits per heavy atom. The average molecular weight is 324 g/mol. The van der Waals surface area contributed by atoms with Gasteiger partial charge in [0, 0.05) is 6.54 Å². The van der Waals surface area contributed by atoms with Gasteiger partial charge in [0.1, 0.15) is 5.82 Å². The molecule has 0 saturated carbocycles. The van der Waals surface area contributed by atoms with Crippen molar-refractivity contribution >= 4 is 23.1 Å². The number of carbonyl (C=O) groups excluding carboxylic acids is 1. The van der Waals surface area contributed by atoms with Crippen LogP contribution in [-0.2, 0) is 9.63 Å². The molecule has 1 aromatic rings. The van der Waals surface area contributed by atoms with Crippen molar-refractivity contribution in [3.8, 4) is 0 Å². The molecule has 21 heavy (non-hydrogen) atoms. The highest BCUT2D eigenvalue weighted by Crippen LogP contribution is 2.27. The monoisotopic (exact) mass is 323 g/mol. The van der Waals surface area contributed by atoms with Crippen LogP contribution < -0.4 is 0 Å². The highest BCUT2D eigenvalue weighted by Gasteiger charge is 2.42. The molecule has 0 aliphatic carbocycles. The lowest BCUT2D eigenvalue weighted by Crippen LogP contribution is -2.37. The summed E-state index contributed by atoms with van der Waals surface area (Å²) in [4.78, 5) is 14.9. The van der Waals surface area contributed by atoms with Gasteiger partial charge in [-0.2, -0.15) is 13.2 Å². The zero-order valence-corrected chi connectivity index (χ0v) is 11.3. The zero-order valence-electron chi connectivity index (χ0n) is 10.6. The molecule has 0 spiro atoms. The fourth-order valence-electron chi connectivity index (χ4n) is 1.86. The van der Waals surface area contributed by atoms with E-state index in [2.05, 4.69) is 4.84 Å². The largest absolute Gasteiger partial charge is 0.492 e. The molecule has 0 atom stereocenters. The van der Waals surface area contributed by atoms with E-state index in [-0.39, 0.29) is 18.1 Å². The minimum absolute atomic E-state index is 0.0200. The quantitative estimate of drug-likeness (QED) is 0.779. The van der Waals surface area contributed by atoms with E-state index in [9.17, 15) is 22.4 Å². The molecule has 0 amide bonds. The molecule has 0 bridgehead atoms. The SMILES string of the molecule is O=C(ON1CC=C(c2ccc(F)c(Cl)c2)CC1)C(F)(F)F. The minimum Gasteiger partial charge on any atom is -0.360 e. The Kier molecular flexibility index (Phi) is 4.53. The molecule has 0 unspecified atom stereocenters. The number of hydroxylamine groups is 2. The molecule has 1 aliphatic heterocycles. The van der Waals surface area contributed by atoms with E-state index in [1.54, 1.807) is 6.08 Å². The lowest BCUT2D eigenvalue weighted by atomic mass is 10.0. The summed E-state index contributed by atoms with van der Waals surface area (Å²) >= 11 is 5.67. The first-order valence-corrected chi connectivity index (χ1v) is 6.33. The molecule has 3 nitrogen and oxygen atoms in total. The normalized spacial score (nSPS) is 16.5. The summed E-state index contributed by atoms with van der Waals surface area (Å²) in [6.45, 7) is 0.134. The van der Waals surface area contributed by atoms with Crippen LogP contribution in [0.1, 0.15) is 12.0 Å². The van der Waals surface area contributed by atoms with Gasteiger partial charge in [-0.25, -0.2) is 9.18 Å². The second-order valence-electron chi connectivity index (χ2n) is 4.37. The van der Waals surface area contributed by atoms with E-state index in [1.165, 1.54) is 18.2 Å². The number of benzene rings is 1. The molecular formula is C13H10ClF4NO2. The van der Waals surface area contributed by atoms with Crippen LogP contribution in [0.25, 0.3) is 5.57 Å². The van der Waals surface area contributed by atoms with Crippen LogP contribution in [0, 0.1) is 5.82 Å². The van der Waals surface area contributed by atoms with Gasteiger partial charge in [0.25, 0.3) is 0 Å². The molecule has 2 rings (SSSR count). The van der Waals surface area contributed by atoms with E-state index in [4.69, 9.17) is 11.6 Å². The molecule has 1 aromatic carbocycles. The highest BCUT2D eigenvalue weighted by atomic mass is 35.5. The first-order chi connectivity index (χ1) is 9.77. The number of hydrogen-bond donors (Lipinski definition) is 0. The number of halogens is 5. The molecule has 0 N–H and O–H groups in total. The molecule has 1 heterocycles. The average Bonchev–Trinajstić information content (AvgIpc) is 2.42. The highest BCUT2D eigenvalue weighted by molar-refractivity contribution is 6.30. The van der Waals surface area contributed by atoms with E-state index < -0.39 is 18.0 Å². The van der Waals surface area contributed by atoms with Crippen molar-refractivity contribution in [1.29, 1.82) is 0 Å². The van der Waals surface area contributed by atoms with Crippen LogP contribution in [0.3, 0.4) is 0 Å². The molecule has 1 aliphatic rings. The van der Waals surface area contributed by atoms with Gasteiger partial charge in [0.15, 0.2) is 0 Å². The summed E-state index contributed by atoms with van der Waals surface area (Å²) in [6, 6.07) is 4.19. The topological polar surface area (TPSA) is 29.5 Å². The summed E-state index contributed by atoms with van der Waals surface area (Å²) in [6.07, 6.45) is -3.06. The summed E-state index contributed by atoms with van der Waals surface area (Å²) in [5.74, 6) is -2.79. The summed E-state index contributed by atoms with van der Waals surface area (Å²) in [7, 11) is 0. The molecule has 0 radical (unpaired) electrons. The second kappa shape index (κ2) is 6.03. The lowest BCUT2D eigenvalue weighted by molar-refractivity contribution is -0.237. The Bertz CT molecular complexity index is 586. The number of alkyl halides is 3. The molecular weight excluding hydrogens is 314 g/mol. The van der Waals surface area contributed by atoms with Crippen molar-refractivity contribution in [3.05, 3.63) is 40.7 Å². The maximum absolute atomic E-state index is 13.1. The van der Waals surface area contributed by atoms with Gasteiger partial charge in [-0.05, 0) is 29.7 Å². The van der Waals surface area contributed by atoms with Crippen LogP contribution in [0.2, 0.25) is 5.02 Å². The maximum Gasteiger partial charge on any atom is 0.492 e. The Balaban J connectivity index is 2.02. The van der Waals surface area contributed by atoms with Crippen LogP contribution >= 0.6 is 11.6 Å². The Hall–Kier alpha value is -1.60. The van der Waals surface area contributed by atoms with E-state index in [1.807, 2.05) is 0 Å². The molecule has 114 valence electrons. The summed E-state index contributed by atoms with van der Waals surface area (Å²) < 4.78 is 49.2. The smallest absolute Gasteiger partial charge is 0.360 e. The van der Waals surface area contributed by atoms with Crippen LogP contribution in [-0.4, -0.2) is 30.3 Å². The van der Waals surface area contributed by atoms with Gasteiger partial charge < -0.3 is 4.84 Å². The number of carbonyl (C=O) groups is 1. The minimum atomic E-state index is -5.02. The molecule has 0 fully saturated rings. The van der Waals surface area contributed by atoms with Gasteiger partial charge in [-0.15, -0.1) is 5.06 Å². The third-order valence-electron chi connectivity index (χ3n) is 2.91. The van der Waals surface area contributed by atoms with Crippen molar-refractivity contribution in [2.45, 2.75) is 12.6 Å². The zero-order chi connectivity index (χ0) is 15.6. The van der Waals surface area contributed by atoms with Crippen molar-refractivity contribution in [1.82, 2.24) is 5.06 Å². The van der Waals surface area contributed by atoms with E-state index >= 15 is 0 Å². The first kappa shape index (κ1) is 15.8. The molecule has 0 saturated heterocycles. The van der Waals surface area contributed by atoms with Gasteiger partial charge in [0.05, 0.1) is 11.6 Å². The van der Waals surface area contributed by atoms with E-state index in [0.29, 0.717) is 12.0 Å². The predicted molar refractivity (Wildman–Crippen MR) is 67.7 cm³/mol. The van der Waals surface area contributed by atoms with Crippen molar-refractivity contribution in [3.63, 3.8) is 0 Å². The molecule has 8 heteroatoms. The van der Waals surface area contributed by atoms with Gasteiger partial charge >= 0.3 is 12.1 Å². The molecule has 0 aromatic heterocycles.